The Kier molecular flexibility index (Phi) is 12.4. The maximum Gasteiger partial charge on any atom is 0.200 e. The summed E-state index contributed by atoms with van der Waals surface area (Å²) in [5, 5.41) is 17.0. The Bertz CT molecular complexity index is 1560. The first-order chi connectivity index (χ1) is 18.3. The summed E-state index contributed by atoms with van der Waals surface area (Å²) >= 11 is 3.25. The number of rotatable bonds is 1. The molecule has 0 radical (unpaired) electrons. The molecule has 0 N–H and O–H groups in total. The van der Waals surface area contributed by atoms with Crippen LogP contribution in [0, 0.1) is 88.3 Å². The molecule has 2 nitrogen and oxygen atoms in total. The molecule has 0 atom stereocenters. The quantitative estimate of drug-likeness (QED) is 0.0908. The maximum atomic E-state index is 13.5. The van der Waals surface area contributed by atoms with Crippen molar-refractivity contribution in [3.63, 3.8) is 0 Å². The molecule has 0 unspecified atom stereocenters. The summed E-state index contributed by atoms with van der Waals surface area (Å²) in [7, 11) is 0. The second kappa shape index (κ2) is 14.7. The number of nitrogens with zero attached hydrogens (tertiary/aromatic N) is 2. The molecule has 4 aromatic rings. The van der Waals surface area contributed by atoms with Crippen LogP contribution in [0.2, 0.25) is 0 Å². The van der Waals surface area contributed by atoms with Gasteiger partial charge in [-0.05, 0) is 35.9 Å². The van der Waals surface area contributed by atoms with E-state index in [1.54, 1.807) is 18.2 Å². The Morgan fingerprint density at radius 2 is 0.900 bits per heavy atom. The molecule has 40 heavy (non-hydrogen) atoms. The largest absolute Gasteiger partial charge is 0.358 e. The lowest BCUT2D eigenvalue weighted by Crippen LogP contribution is -2.04. The normalized spacial score (nSPS) is 9.62. The average molecular weight is 634 g/mol. The molecule has 0 saturated carbocycles. The highest BCUT2D eigenvalue weighted by atomic mass is 79.9. The second-order valence-corrected chi connectivity index (χ2v) is 7.96. The number of hydrogen-bond acceptors (Lipinski definition) is 2. The van der Waals surface area contributed by atoms with E-state index in [1.165, 1.54) is 12.1 Å². The van der Waals surface area contributed by atoms with Gasteiger partial charge < -0.3 is 7.43 Å². The molecule has 13 heteroatoms. The van der Waals surface area contributed by atoms with Crippen LogP contribution in [0.1, 0.15) is 11.1 Å². The van der Waals surface area contributed by atoms with Crippen molar-refractivity contribution in [1.29, 1.82) is 10.5 Å². The summed E-state index contributed by atoms with van der Waals surface area (Å²) in [6.45, 7) is 0. The third-order valence-electron chi connectivity index (χ3n) is 4.50. The van der Waals surface area contributed by atoms with E-state index in [0.717, 1.165) is 16.6 Å². The van der Waals surface area contributed by atoms with Gasteiger partial charge in [-0.15, -0.1) is 0 Å². The minimum atomic E-state index is -2.21. The lowest BCUT2D eigenvalue weighted by atomic mass is 10.0. The summed E-state index contributed by atoms with van der Waals surface area (Å²) in [4.78, 5) is 0. The van der Waals surface area contributed by atoms with Gasteiger partial charge in [0.15, 0.2) is 46.5 Å². The summed E-state index contributed by atoms with van der Waals surface area (Å²) in [6.07, 6.45) is 0. The smallest absolute Gasteiger partial charge is 0.200 e. The van der Waals surface area contributed by atoms with Gasteiger partial charge in [-0.3, -0.25) is 0 Å². The Balaban J connectivity index is 0.000000324. The van der Waals surface area contributed by atoms with Crippen LogP contribution in [0.4, 0.5) is 43.9 Å². The molecule has 0 amide bonds. The predicted octanol–water partition coefficient (Wildman–Crippen LogP) is 9.07. The molecule has 208 valence electrons. The van der Waals surface area contributed by atoms with Gasteiger partial charge in [0.25, 0.3) is 0 Å². The first kappa shape index (κ1) is 33.7. The van der Waals surface area contributed by atoms with Gasteiger partial charge in [-0.25, -0.2) is 43.9 Å². The third-order valence-corrected chi connectivity index (χ3v) is 5.00. The average Bonchev–Trinajstić information content (AvgIpc) is 2.93. The van der Waals surface area contributed by atoms with Crippen molar-refractivity contribution >= 4 is 15.9 Å². The molecule has 0 aromatic heterocycles. The van der Waals surface area contributed by atoms with Crippen molar-refractivity contribution in [3.05, 3.63) is 136 Å². The molecule has 0 heterocycles. The lowest BCUT2D eigenvalue weighted by molar-refractivity contribution is 0.378. The molecule has 0 bridgehead atoms. The van der Waals surface area contributed by atoms with E-state index in [0.29, 0.717) is 5.56 Å². The maximum absolute atomic E-state index is 13.5. The summed E-state index contributed by atoms with van der Waals surface area (Å²) < 4.78 is 127. The minimum Gasteiger partial charge on any atom is -0.358 e. The Hall–Kier alpha value is -4.36. The van der Waals surface area contributed by atoms with Gasteiger partial charge in [0.1, 0.15) is 0 Å². The molecule has 0 saturated heterocycles. The molecule has 0 aliphatic heterocycles. The Labute approximate surface area is 229 Å². The van der Waals surface area contributed by atoms with Gasteiger partial charge in [0, 0.05) is 10.5 Å². The number of benzene rings is 4. The van der Waals surface area contributed by atoms with Crippen LogP contribution in [0.25, 0.3) is 11.1 Å². The number of nitriles is 2. The zero-order valence-electron chi connectivity index (χ0n) is 19.7. The van der Waals surface area contributed by atoms with Crippen LogP contribution in [-0.4, -0.2) is 0 Å². The fourth-order valence-corrected chi connectivity index (χ4v) is 3.10. The topological polar surface area (TPSA) is 47.6 Å². The van der Waals surface area contributed by atoms with Crippen molar-refractivity contribution in [2.24, 2.45) is 0 Å². The Morgan fingerprint density at radius 1 is 0.500 bits per heavy atom. The first-order valence-electron chi connectivity index (χ1n) is 10.00. The van der Waals surface area contributed by atoms with E-state index in [2.05, 4.69) is 15.9 Å². The van der Waals surface area contributed by atoms with Crippen molar-refractivity contribution in [1.82, 2.24) is 0 Å². The molecule has 4 rings (SSSR count). The van der Waals surface area contributed by atoms with E-state index < -0.39 is 63.7 Å². The summed E-state index contributed by atoms with van der Waals surface area (Å²) in [5.41, 5.74) is -0.578. The standard InChI is InChI=1S/C13H4F5N.C7H4BrN.C6HF5.CH3/c14-9-8(7-3-1-2-6(4-7)5-19)10(15)12(17)13(18)11(9)16;8-7-3-1-2-6(4-7)5-9;7-2-1-3(8)5(10)6(11)4(2)9;/h1-4H;1-4H;1H;1H3/q;;;-1. The highest BCUT2D eigenvalue weighted by molar-refractivity contribution is 9.10. The van der Waals surface area contributed by atoms with Crippen LogP contribution in [0.5, 0.6) is 0 Å². The molecule has 0 aliphatic carbocycles. The van der Waals surface area contributed by atoms with Crippen molar-refractivity contribution in [3.8, 4) is 23.3 Å². The highest BCUT2D eigenvalue weighted by Crippen LogP contribution is 2.31. The van der Waals surface area contributed by atoms with Gasteiger partial charge in [-0.1, -0.05) is 34.1 Å². The van der Waals surface area contributed by atoms with Gasteiger partial charge in [-0.2, -0.15) is 10.5 Å². The molecule has 0 fully saturated rings. The second-order valence-electron chi connectivity index (χ2n) is 7.04. The fraction of sp³-hybridized carbons (Fsp3) is 0. The van der Waals surface area contributed by atoms with Crippen molar-refractivity contribution in [2.45, 2.75) is 0 Å². The lowest BCUT2D eigenvalue weighted by Gasteiger charge is -2.08. The Morgan fingerprint density at radius 3 is 1.32 bits per heavy atom. The van der Waals surface area contributed by atoms with Gasteiger partial charge >= 0.3 is 0 Å². The van der Waals surface area contributed by atoms with Crippen LogP contribution >= 0.6 is 15.9 Å². The molecule has 0 spiro atoms. The van der Waals surface area contributed by atoms with E-state index in [-0.39, 0.29) is 24.6 Å². The van der Waals surface area contributed by atoms with Crippen LogP contribution in [0.15, 0.2) is 59.1 Å². The number of halogens is 11. The minimum absolute atomic E-state index is 0. The monoisotopic (exact) mass is 633 g/mol. The van der Waals surface area contributed by atoms with Crippen LogP contribution < -0.4 is 0 Å². The highest BCUT2D eigenvalue weighted by Gasteiger charge is 2.26. The summed E-state index contributed by atoms with van der Waals surface area (Å²) in [5.74, 6) is -19.8. The van der Waals surface area contributed by atoms with Gasteiger partial charge in [0.2, 0.25) is 11.6 Å². The van der Waals surface area contributed by atoms with E-state index in [1.807, 2.05) is 18.2 Å². The van der Waals surface area contributed by atoms with E-state index in [4.69, 9.17) is 10.5 Å². The number of hydrogen-bond donors (Lipinski definition) is 0. The first-order valence-corrected chi connectivity index (χ1v) is 10.8. The van der Waals surface area contributed by atoms with Crippen molar-refractivity contribution < 1.29 is 43.9 Å². The fourth-order valence-electron chi connectivity index (χ4n) is 2.70. The SMILES string of the molecule is Fc1cc(F)c(F)c(F)c1F.N#Cc1cccc(-c2c(F)c(F)c(F)c(F)c2F)c1.N#Cc1cccc(Br)c1.[CH3-]. The molecular formula is C27H12BrF10N2-. The zero-order chi connectivity index (χ0) is 29.4. The van der Waals surface area contributed by atoms with Crippen molar-refractivity contribution in [2.75, 3.05) is 0 Å². The van der Waals surface area contributed by atoms with E-state index in [9.17, 15) is 43.9 Å². The van der Waals surface area contributed by atoms with E-state index >= 15 is 0 Å². The summed E-state index contributed by atoms with van der Waals surface area (Å²) in [6, 6.07) is 15.8. The zero-order valence-corrected chi connectivity index (χ0v) is 21.3. The molecule has 0 aliphatic rings. The third kappa shape index (κ3) is 7.83. The molecular weight excluding hydrogens is 622 g/mol. The molecule has 4 aromatic carbocycles. The predicted molar refractivity (Wildman–Crippen MR) is 128 cm³/mol. The van der Waals surface area contributed by atoms with Gasteiger partial charge in [0.05, 0.1) is 28.8 Å². The van der Waals surface area contributed by atoms with Crippen LogP contribution in [0.3, 0.4) is 0 Å². The van der Waals surface area contributed by atoms with Crippen LogP contribution in [-0.2, 0) is 0 Å².